The van der Waals surface area contributed by atoms with Crippen LogP contribution in [-0.2, 0) is 9.59 Å². The summed E-state index contributed by atoms with van der Waals surface area (Å²) in [5.74, 6) is -0.910. The molecule has 0 bridgehead atoms. The monoisotopic (exact) mass is 315 g/mol. The molecule has 0 radical (unpaired) electrons. The standard InChI is InChI=1S/C14H19F2N3O3/c1-8(2)12(17)13(21)18-7-11(20)19-9-3-5-10(6-4-9)22-14(15)16/h3-6,8,12,14H,7,17H2,1-2H3,(H,18,21)(H,19,20)/t12-/m0/s1. The number of hydrogen-bond acceptors (Lipinski definition) is 4. The second-order valence-corrected chi connectivity index (χ2v) is 4.94. The Hall–Kier alpha value is -2.22. The lowest BCUT2D eigenvalue weighted by Crippen LogP contribution is -2.46. The van der Waals surface area contributed by atoms with Gasteiger partial charge in [-0.05, 0) is 30.2 Å². The van der Waals surface area contributed by atoms with Crippen molar-refractivity contribution in [2.24, 2.45) is 11.7 Å². The summed E-state index contributed by atoms with van der Waals surface area (Å²) in [5.41, 5.74) is 6.03. The van der Waals surface area contributed by atoms with Crippen molar-refractivity contribution in [1.82, 2.24) is 5.32 Å². The van der Waals surface area contributed by atoms with Gasteiger partial charge >= 0.3 is 6.61 Å². The van der Waals surface area contributed by atoms with Crippen molar-refractivity contribution in [2.75, 3.05) is 11.9 Å². The van der Waals surface area contributed by atoms with Crippen LogP contribution >= 0.6 is 0 Å². The van der Waals surface area contributed by atoms with Crippen LogP contribution < -0.4 is 21.1 Å². The zero-order chi connectivity index (χ0) is 16.7. The Bertz CT molecular complexity index is 507. The molecule has 6 nitrogen and oxygen atoms in total. The van der Waals surface area contributed by atoms with Gasteiger partial charge in [-0.1, -0.05) is 13.8 Å². The molecule has 0 saturated heterocycles. The lowest BCUT2D eigenvalue weighted by Gasteiger charge is -2.15. The van der Waals surface area contributed by atoms with E-state index in [1.807, 2.05) is 0 Å². The zero-order valence-corrected chi connectivity index (χ0v) is 12.3. The Balaban J connectivity index is 2.43. The van der Waals surface area contributed by atoms with E-state index in [0.29, 0.717) is 5.69 Å². The minimum Gasteiger partial charge on any atom is -0.435 e. The minimum atomic E-state index is -2.90. The van der Waals surface area contributed by atoms with Crippen molar-refractivity contribution >= 4 is 17.5 Å². The van der Waals surface area contributed by atoms with Gasteiger partial charge in [0, 0.05) is 5.69 Å². The number of benzene rings is 1. The molecule has 1 aromatic carbocycles. The predicted octanol–water partition coefficient (Wildman–Crippen LogP) is 1.33. The van der Waals surface area contributed by atoms with Crippen LogP contribution in [0.1, 0.15) is 13.8 Å². The highest BCUT2D eigenvalue weighted by Gasteiger charge is 2.17. The van der Waals surface area contributed by atoms with Crippen LogP contribution in [0.3, 0.4) is 0 Å². The number of carbonyl (C=O) groups is 2. The van der Waals surface area contributed by atoms with E-state index in [1.54, 1.807) is 13.8 Å². The average molecular weight is 315 g/mol. The van der Waals surface area contributed by atoms with Gasteiger partial charge in [0.15, 0.2) is 0 Å². The van der Waals surface area contributed by atoms with Crippen molar-refractivity contribution in [2.45, 2.75) is 26.5 Å². The molecule has 1 atom stereocenters. The molecule has 4 N–H and O–H groups in total. The smallest absolute Gasteiger partial charge is 0.387 e. The number of halogens is 2. The molecule has 8 heteroatoms. The number of anilines is 1. The van der Waals surface area contributed by atoms with Crippen LogP contribution in [0.4, 0.5) is 14.5 Å². The van der Waals surface area contributed by atoms with E-state index in [4.69, 9.17) is 5.73 Å². The Morgan fingerprint density at radius 2 is 1.82 bits per heavy atom. The predicted molar refractivity (Wildman–Crippen MR) is 77.5 cm³/mol. The molecule has 0 aliphatic heterocycles. The molecular weight excluding hydrogens is 296 g/mol. The SMILES string of the molecule is CC(C)[C@H](N)C(=O)NCC(=O)Nc1ccc(OC(F)F)cc1. The summed E-state index contributed by atoms with van der Waals surface area (Å²) in [5, 5.41) is 4.93. The number of nitrogens with two attached hydrogens (primary N) is 1. The quantitative estimate of drug-likeness (QED) is 0.707. The second-order valence-electron chi connectivity index (χ2n) is 4.94. The molecule has 0 saturated carbocycles. The van der Waals surface area contributed by atoms with E-state index in [-0.39, 0.29) is 18.2 Å². The van der Waals surface area contributed by atoms with Crippen LogP contribution in [0.5, 0.6) is 5.75 Å². The van der Waals surface area contributed by atoms with Crippen molar-refractivity contribution in [1.29, 1.82) is 0 Å². The van der Waals surface area contributed by atoms with Gasteiger partial charge in [-0.2, -0.15) is 8.78 Å². The van der Waals surface area contributed by atoms with E-state index >= 15 is 0 Å². The van der Waals surface area contributed by atoms with E-state index in [0.717, 1.165) is 0 Å². The molecule has 2 amide bonds. The highest BCUT2D eigenvalue weighted by atomic mass is 19.3. The summed E-state index contributed by atoms with van der Waals surface area (Å²) < 4.78 is 28.2. The molecular formula is C14H19F2N3O3. The van der Waals surface area contributed by atoms with Crippen LogP contribution in [0.15, 0.2) is 24.3 Å². The van der Waals surface area contributed by atoms with E-state index in [2.05, 4.69) is 15.4 Å². The number of rotatable bonds is 7. The number of alkyl halides is 2. The maximum atomic E-state index is 12.0. The van der Waals surface area contributed by atoms with Gasteiger partial charge < -0.3 is 21.1 Å². The number of nitrogens with one attached hydrogen (secondary N) is 2. The van der Waals surface area contributed by atoms with Gasteiger partial charge in [-0.15, -0.1) is 0 Å². The summed E-state index contributed by atoms with van der Waals surface area (Å²) in [4.78, 5) is 23.2. The largest absolute Gasteiger partial charge is 0.435 e. The van der Waals surface area contributed by atoms with Crippen LogP contribution in [-0.4, -0.2) is 31.0 Å². The summed E-state index contributed by atoms with van der Waals surface area (Å²) in [7, 11) is 0. The van der Waals surface area contributed by atoms with Gasteiger partial charge in [0.05, 0.1) is 12.6 Å². The fourth-order valence-electron chi connectivity index (χ4n) is 1.51. The number of amides is 2. The van der Waals surface area contributed by atoms with E-state index < -0.39 is 24.5 Å². The molecule has 22 heavy (non-hydrogen) atoms. The molecule has 0 aromatic heterocycles. The Labute approximate surface area is 127 Å². The van der Waals surface area contributed by atoms with Crippen molar-refractivity contribution < 1.29 is 23.1 Å². The molecule has 0 aliphatic rings. The van der Waals surface area contributed by atoms with Crippen LogP contribution in [0, 0.1) is 5.92 Å². The summed E-state index contributed by atoms with van der Waals surface area (Å²) in [6, 6.07) is 4.75. The fourth-order valence-corrected chi connectivity index (χ4v) is 1.51. The fraction of sp³-hybridized carbons (Fsp3) is 0.429. The van der Waals surface area contributed by atoms with Crippen molar-refractivity contribution in [3.63, 3.8) is 0 Å². The van der Waals surface area contributed by atoms with Gasteiger partial charge in [0.25, 0.3) is 0 Å². The number of hydrogen-bond donors (Lipinski definition) is 3. The molecule has 0 unspecified atom stereocenters. The van der Waals surface area contributed by atoms with Crippen LogP contribution in [0.25, 0.3) is 0 Å². The zero-order valence-electron chi connectivity index (χ0n) is 12.3. The first-order chi connectivity index (χ1) is 10.3. The highest BCUT2D eigenvalue weighted by Crippen LogP contribution is 2.17. The summed E-state index contributed by atoms with van der Waals surface area (Å²) >= 11 is 0. The molecule has 0 spiro atoms. The first kappa shape index (κ1) is 17.8. The third-order valence-electron chi connectivity index (χ3n) is 2.81. The Kier molecular flexibility index (Phi) is 6.71. The number of carbonyl (C=O) groups excluding carboxylic acids is 2. The molecule has 1 rings (SSSR count). The van der Waals surface area contributed by atoms with Crippen molar-refractivity contribution in [3.05, 3.63) is 24.3 Å². The van der Waals surface area contributed by atoms with Gasteiger partial charge in [-0.25, -0.2) is 0 Å². The third-order valence-corrected chi connectivity index (χ3v) is 2.81. The van der Waals surface area contributed by atoms with Gasteiger partial charge in [0.1, 0.15) is 5.75 Å². The topological polar surface area (TPSA) is 93.5 Å². The molecule has 122 valence electrons. The first-order valence-electron chi connectivity index (χ1n) is 6.67. The lowest BCUT2D eigenvalue weighted by atomic mass is 10.1. The Morgan fingerprint density at radius 3 is 2.32 bits per heavy atom. The summed E-state index contributed by atoms with van der Waals surface area (Å²) in [6.45, 7) is 0.468. The summed E-state index contributed by atoms with van der Waals surface area (Å²) in [6.07, 6.45) is 0. The average Bonchev–Trinajstić information content (AvgIpc) is 2.45. The Morgan fingerprint density at radius 1 is 1.23 bits per heavy atom. The maximum Gasteiger partial charge on any atom is 0.387 e. The number of ether oxygens (including phenoxy) is 1. The van der Waals surface area contributed by atoms with Crippen LogP contribution in [0.2, 0.25) is 0 Å². The maximum absolute atomic E-state index is 12.0. The van der Waals surface area contributed by atoms with E-state index in [9.17, 15) is 18.4 Å². The molecule has 0 fully saturated rings. The molecule has 0 aliphatic carbocycles. The third kappa shape index (κ3) is 6.04. The van der Waals surface area contributed by atoms with Gasteiger partial charge in [-0.3, -0.25) is 9.59 Å². The molecule has 1 aromatic rings. The minimum absolute atomic E-state index is 0.00999. The highest BCUT2D eigenvalue weighted by molar-refractivity contribution is 5.95. The van der Waals surface area contributed by atoms with E-state index in [1.165, 1.54) is 24.3 Å². The second kappa shape index (κ2) is 8.28. The van der Waals surface area contributed by atoms with Gasteiger partial charge in [0.2, 0.25) is 11.8 Å². The first-order valence-corrected chi connectivity index (χ1v) is 6.67. The van der Waals surface area contributed by atoms with Crippen molar-refractivity contribution in [3.8, 4) is 5.75 Å². The normalized spacial score (nSPS) is 12.1. The molecule has 0 heterocycles. The lowest BCUT2D eigenvalue weighted by molar-refractivity contribution is -0.125.